The van der Waals surface area contributed by atoms with Crippen LogP contribution in [0.15, 0.2) is 0 Å². The zero-order valence-electron chi connectivity index (χ0n) is 13.1. The van der Waals surface area contributed by atoms with Gasteiger partial charge in [-0.15, -0.1) is 0 Å². The fourth-order valence-corrected chi connectivity index (χ4v) is 6.39. The number of urea groups is 1. The van der Waals surface area contributed by atoms with E-state index in [4.69, 9.17) is 0 Å². The van der Waals surface area contributed by atoms with E-state index in [9.17, 15) is 13.2 Å². The van der Waals surface area contributed by atoms with Crippen molar-refractivity contribution in [2.24, 2.45) is 16.7 Å². The minimum Gasteiger partial charge on any atom is -0.335 e. The van der Waals surface area contributed by atoms with Crippen LogP contribution in [0.4, 0.5) is 4.79 Å². The van der Waals surface area contributed by atoms with Crippen molar-refractivity contribution in [3.63, 3.8) is 0 Å². The van der Waals surface area contributed by atoms with Crippen LogP contribution in [0.5, 0.6) is 0 Å². The van der Waals surface area contributed by atoms with Crippen LogP contribution in [0.1, 0.15) is 46.5 Å². The molecule has 0 spiro atoms. The molecular formula is C15H26N2O3S. The summed E-state index contributed by atoms with van der Waals surface area (Å²) in [6.07, 6.45) is 3.99. The van der Waals surface area contributed by atoms with Crippen molar-refractivity contribution in [1.82, 2.24) is 10.6 Å². The molecule has 2 amide bonds. The number of carbonyl (C=O) groups excluding carboxylic acids is 1. The average molecular weight is 314 g/mol. The Morgan fingerprint density at radius 3 is 2.33 bits per heavy atom. The van der Waals surface area contributed by atoms with E-state index >= 15 is 0 Å². The molecule has 0 aromatic carbocycles. The quantitative estimate of drug-likeness (QED) is 0.814. The fraction of sp³-hybridized carbons (Fsp3) is 0.933. The number of hydrogen-bond acceptors (Lipinski definition) is 3. The number of sulfone groups is 1. The van der Waals surface area contributed by atoms with Crippen LogP contribution in [0, 0.1) is 16.7 Å². The maximum atomic E-state index is 12.2. The Balaban J connectivity index is 1.60. The highest BCUT2D eigenvalue weighted by Crippen LogP contribution is 2.65. The minimum absolute atomic E-state index is 0.0798. The van der Waals surface area contributed by atoms with Crippen molar-refractivity contribution in [3.05, 3.63) is 0 Å². The van der Waals surface area contributed by atoms with E-state index in [2.05, 4.69) is 31.4 Å². The molecule has 6 heteroatoms. The van der Waals surface area contributed by atoms with Crippen LogP contribution < -0.4 is 10.6 Å². The van der Waals surface area contributed by atoms with Gasteiger partial charge in [0.1, 0.15) is 0 Å². The maximum absolute atomic E-state index is 12.2. The number of amides is 2. The molecule has 120 valence electrons. The summed E-state index contributed by atoms with van der Waals surface area (Å²) in [6.45, 7) is 6.91. The third-order valence-electron chi connectivity index (χ3n) is 6.67. The van der Waals surface area contributed by atoms with Crippen molar-refractivity contribution in [1.29, 1.82) is 0 Å². The first-order chi connectivity index (χ1) is 9.64. The summed E-state index contributed by atoms with van der Waals surface area (Å²) >= 11 is 0. The molecule has 1 heterocycles. The van der Waals surface area contributed by atoms with Crippen molar-refractivity contribution in [2.45, 2.75) is 58.5 Å². The second kappa shape index (κ2) is 4.61. The fourth-order valence-electron chi connectivity index (χ4n) is 4.72. The topological polar surface area (TPSA) is 75.3 Å². The van der Waals surface area contributed by atoms with Crippen LogP contribution in [0.2, 0.25) is 0 Å². The van der Waals surface area contributed by atoms with Gasteiger partial charge in [-0.2, -0.15) is 0 Å². The first-order valence-corrected chi connectivity index (χ1v) is 9.74. The van der Waals surface area contributed by atoms with E-state index in [0.29, 0.717) is 12.3 Å². The van der Waals surface area contributed by atoms with Gasteiger partial charge in [0.25, 0.3) is 0 Å². The van der Waals surface area contributed by atoms with Crippen molar-refractivity contribution in [2.75, 3.05) is 11.5 Å². The molecule has 0 unspecified atom stereocenters. The molecule has 1 saturated heterocycles. The standard InChI is InChI=1S/C15H26N2O3S/c1-14(2)10-4-6-15(14,3)12(8-10)17-13(18)16-11-5-7-21(19,20)9-11/h10-12H,4-9H2,1-3H3,(H2,16,17,18)/t10-,11-,12+,15-/m0/s1. The summed E-state index contributed by atoms with van der Waals surface area (Å²) in [5, 5.41) is 5.95. The van der Waals surface area contributed by atoms with E-state index in [1.54, 1.807) is 0 Å². The molecule has 2 aliphatic carbocycles. The Morgan fingerprint density at radius 2 is 1.86 bits per heavy atom. The number of nitrogens with one attached hydrogen (secondary N) is 2. The third kappa shape index (κ3) is 2.35. The first kappa shape index (κ1) is 15.1. The molecule has 0 aromatic rings. The lowest BCUT2D eigenvalue weighted by Gasteiger charge is -2.39. The monoisotopic (exact) mass is 314 g/mol. The Kier molecular flexibility index (Phi) is 3.32. The van der Waals surface area contributed by atoms with Crippen LogP contribution in [0.3, 0.4) is 0 Å². The molecule has 3 rings (SSSR count). The maximum Gasteiger partial charge on any atom is 0.315 e. The van der Waals surface area contributed by atoms with Gasteiger partial charge in [0, 0.05) is 12.1 Å². The van der Waals surface area contributed by atoms with Crippen LogP contribution >= 0.6 is 0 Å². The van der Waals surface area contributed by atoms with E-state index < -0.39 is 9.84 Å². The highest BCUT2D eigenvalue weighted by Gasteiger charge is 2.61. The van der Waals surface area contributed by atoms with Gasteiger partial charge in [-0.05, 0) is 42.4 Å². The highest BCUT2D eigenvalue weighted by atomic mass is 32.2. The highest BCUT2D eigenvalue weighted by molar-refractivity contribution is 7.91. The van der Waals surface area contributed by atoms with Gasteiger partial charge in [0.15, 0.2) is 9.84 Å². The Hall–Kier alpha value is -0.780. The van der Waals surface area contributed by atoms with E-state index in [1.807, 2.05) is 0 Å². The Labute approximate surface area is 127 Å². The molecule has 21 heavy (non-hydrogen) atoms. The van der Waals surface area contributed by atoms with Gasteiger partial charge in [0.2, 0.25) is 0 Å². The zero-order chi connectivity index (χ0) is 15.5. The Morgan fingerprint density at radius 1 is 1.14 bits per heavy atom. The van der Waals surface area contributed by atoms with Gasteiger partial charge in [0.05, 0.1) is 11.5 Å². The number of carbonyl (C=O) groups is 1. The van der Waals surface area contributed by atoms with Crippen molar-refractivity contribution in [3.8, 4) is 0 Å². The van der Waals surface area contributed by atoms with Gasteiger partial charge < -0.3 is 10.6 Å². The molecule has 4 atom stereocenters. The van der Waals surface area contributed by atoms with Gasteiger partial charge in [-0.3, -0.25) is 0 Å². The molecule has 0 radical (unpaired) electrons. The SMILES string of the molecule is CC1(C)[C@H]2CC[C@@]1(C)[C@H](NC(=O)N[C@H]1CCS(=O)(=O)C1)C2. The number of rotatable bonds is 2. The smallest absolute Gasteiger partial charge is 0.315 e. The molecule has 3 aliphatic rings. The normalized spacial score (nSPS) is 42.9. The molecular weight excluding hydrogens is 288 g/mol. The predicted octanol–water partition coefficient (Wildman–Crippen LogP) is 1.69. The van der Waals surface area contributed by atoms with Crippen LogP contribution in [-0.2, 0) is 9.84 Å². The molecule has 2 bridgehead atoms. The summed E-state index contributed by atoms with van der Waals surface area (Å²) in [7, 11) is -2.95. The zero-order valence-corrected chi connectivity index (χ0v) is 13.9. The molecule has 5 nitrogen and oxygen atoms in total. The predicted molar refractivity (Wildman–Crippen MR) is 81.7 cm³/mol. The average Bonchev–Trinajstić information content (AvgIpc) is 2.86. The van der Waals surface area contributed by atoms with E-state index in [0.717, 1.165) is 12.8 Å². The van der Waals surface area contributed by atoms with E-state index in [-0.39, 0.29) is 40.5 Å². The summed E-state index contributed by atoms with van der Waals surface area (Å²) in [6, 6.07) is -0.231. The van der Waals surface area contributed by atoms with Crippen molar-refractivity contribution >= 4 is 15.9 Å². The van der Waals surface area contributed by atoms with E-state index in [1.165, 1.54) is 6.42 Å². The molecule has 0 aromatic heterocycles. The second-order valence-corrected chi connectivity index (χ2v) is 10.1. The number of hydrogen-bond donors (Lipinski definition) is 2. The molecule has 3 fully saturated rings. The van der Waals surface area contributed by atoms with Gasteiger partial charge >= 0.3 is 6.03 Å². The minimum atomic E-state index is -2.95. The van der Waals surface area contributed by atoms with Crippen LogP contribution in [-0.4, -0.2) is 38.0 Å². The lowest BCUT2D eigenvalue weighted by atomic mass is 9.69. The van der Waals surface area contributed by atoms with Crippen molar-refractivity contribution < 1.29 is 13.2 Å². The Bertz CT molecular complexity index is 557. The first-order valence-electron chi connectivity index (χ1n) is 7.91. The summed E-state index contributed by atoms with van der Waals surface area (Å²) < 4.78 is 22.9. The van der Waals surface area contributed by atoms with Gasteiger partial charge in [-0.1, -0.05) is 20.8 Å². The van der Waals surface area contributed by atoms with Crippen LogP contribution in [0.25, 0.3) is 0 Å². The number of fused-ring (bicyclic) bond motifs is 2. The lowest BCUT2D eigenvalue weighted by Crippen LogP contribution is -2.52. The summed E-state index contributed by atoms with van der Waals surface area (Å²) in [5.41, 5.74) is 0.415. The third-order valence-corrected chi connectivity index (χ3v) is 8.43. The molecule has 2 saturated carbocycles. The largest absolute Gasteiger partial charge is 0.335 e. The molecule has 2 N–H and O–H groups in total. The van der Waals surface area contributed by atoms with Gasteiger partial charge in [-0.25, -0.2) is 13.2 Å². The lowest BCUT2D eigenvalue weighted by molar-refractivity contribution is 0.123. The second-order valence-electron chi connectivity index (χ2n) is 7.88. The molecule has 1 aliphatic heterocycles. The summed E-state index contributed by atoms with van der Waals surface area (Å²) in [4.78, 5) is 12.2. The summed E-state index contributed by atoms with van der Waals surface area (Å²) in [5.74, 6) is 0.949.